The highest BCUT2D eigenvalue weighted by molar-refractivity contribution is 5.70. The average Bonchev–Trinajstić information content (AvgIpc) is 2.79. The molecule has 2 rings (SSSR count). The minimum absolute atomic E-state index is 0.0962. The first kappa shape index (κ1) is 15.8. The van der Waals surface area contributed by atoms with E-state index in [4.69, 9.17) is 0 Å². The quantitative estimate of drug-likeness (QED) is 0.728. The third-order valence-corrected chi connectivity index (χ3v) is 5.43. The lowest BCUT2D eigenvalue weighted by molar-refractivity contribution is -0.142. The Labute approximate surface area is 123 Å². The normalized spacial score (nSPS) is 34.9. The summed E-state index contributed by atoms with van der Waals surface area (Å²) in [6, 6.07) is 0.631. The second-order valence-corrected chi connectivity index (χ2v) is 6.90. The molecule has 0 heterocycles. The van der Waals surface area contributed by atoms with Crippen LogP contribution in [0.4, 0.5) is 0 Å². The summed E-state index contributed by atoms with van der Waals surface area (Å²) in [5.74, 6) is 0.617. The van der Waals surface area contributed by atoms with E-state index in [1.54, 1.807) is 0 Å². The van der Waals surface area contributed by atoms with Gasteiger partial charge in [-0.2, -0.15) is 0 Å². The Kier molecular flexibility index (Phi) is 6.34. The number of carboxylic acids is 1. The number of rotatable bonds is 6. The van der Waals surface area contributed by atoms with Crippen LogP contribution >= 0.6 is 0 Å². The SMILES string of the molecule is CCCC1CCCC(NCC2CCCC2C(=O)O)CC1. The standard InChI is InChI=1S/C17H31NO2/c1-2-5-13-6-3-8-15(11-10-13)18-12-14-7-4-9-16(14)17(19)20/h13-16,18H,2-12H2,1H3,(H,19,20). The molecule has 0 amide bonds. The monoisotopic (exact) mass is 281 g/mol. The topological polar surface area (TPSA) is 49.3 Å². The number of hydrogen-bond acceptors (Lipinski definition) is 2. The number of aliphatic carboxylic acids is 1. The number of carbonyl (C=O) groups is 1. The predicted octanol–water partition coefficient (Wildman–Crippen LogP) is 3.83. The van der Waals surface area contributed by atoms with Gasteiger partial charge in [-0.25, -0.2) is 0 Å². The molecule has 2 fully saturated rings. The van der Waals surface area contributed by atoms with Gasteiger partial charge in [0.05, 0.1) is 5.92 Å². The summed E-state index contributed by atoms with van der Waals surface area (Å²) < 4.78 is 0. The van der Waals surface area contributed by atoms with Crippen LogP contribution in [0.15, 0.2) is 0 Å². The highest BCUT2D eigenvalue weighted by atomic mass is 16.4. The van der Waals surface area contributed by atoms with Crippen molar-refractivity contribution in [3.63, 3.8) is 0 Å². The predicted molar refractivity (Wildman–Crippen MR) is 81.7 cm³/mol. The van der Waals surface area contributed by atoms with E-state index in [0.29, 0.717) is 12.0 Å². The lowest BCUT2D eigenvalue weighted by Gasteiger charge is -2.22. The van der Waals surface area contributed by atoms with Crippen LogP contribution in [0, 0.1) is 17.8 Å². The van der Waals surface area contributed by atoms with Crippen molar-refractivity contribution < 1.29 is 9.90 Å². The van der Waals surface area contributed by atoms with E-state index in [-0.39, 0.29) is 5.92 Å². The van der Waals surface area contributed by atoms with Crippen LogP contribution in [0.1, 0.15) is 71.1 Å². The molecule has 2 N–H and O–H groups in total. The fourth-order valence-corrected chi connectivity index (χ4v) is 4.20. The third kappa shape index (κ3) is 4.47. The summed E-state index contributed by atoms with van der Waals surface area (Å²) in [7, 11) is 0. The fourth-order valence-electron chi connectivity index (χ4n) is 4.20. The molecule has 0 bridgehead atoms. The van der Waals surface area contributed by atoms with Crippen LogP contribution in [-0.4, -0.2) is 23.7 Å². The summed E-state index contributed by atoms with van der Waals surface area (Å²) in [4.78, 5) is 11.2. The van der Waals surface area contributed by atoms with Crippen molar-refractivity contribution in [2.75, 3.05) is 6.54 Å². The zero-order valence-corrected chi connectivity index (χ0v) is 12.9. The van der Waals surface area contributed by atoms with Crippen LogP contribution in [0.2, 0.25) is 0 Å². The molecule has 0 aromatic carbocycles. The number of hydrogen-bond donors (Lipinski definition) is 2. The summed E-state index contributed by atoms with van der Waals surface area (Å²) in [5, 5.41) is 12.9. The van der Waals surface area contributed by atoms with Crippen molar-refractivity contribution in [1.82, 2.24) is 5.32 Å². The smallest absolute Gasteiger partial charge is 0.306 e. The van der Waals surface area contributed by atoms with Gasteiger partial charge in [-0.05, 0) is 50.5 Å². The fraction of sp³-hybridized carbons (Fsp3) is 0.941. The molecule has 0 aromatic heterocycles. The minimum Gasteiger partial charge on any atom is -0.481 e. The van der Waals surface area contributed by atoms with Gasteiger partial charge in [0.25, 0.3) is 0 Å². The maximum atomic E-state index is 11.2. The van der Waals surface area contributed by atoms with Gasteiger partial charge in [0.15, 0.2) is 0 Å². The van der Waals surface area contributed by atoms with E-state index in [2.05, 4.69) is 12.2 Å². The Hall–Kier alpha value is -0.570. The van der Waals surface area contributed by atoms with E-state index in [0.717, 1.165) is 31.7 Å². The maximum Gasteiger partial charge on any atom is 0.306 e. The molecule has 0 aromatic rings. The first-order chi connectivity index (χ1) is 9.70. The second kappa shape index (κ2) is 8.02. The van der Waals surface area contributed by atoms with Gasteiger partial charge in [-0.15, -0.1) is 0 Å². The van der Waals surface area contributed by atoms with Crippen LogP contribution in [0.25, 0.3) is 0 Å². The van der Waals surface area contributed by atoms with Crippen molar-refractivity contribution in [1.29, 1.82) is 0 Å². The molecule has 2 aliphatic carbocycles. The molecule has 4 atom stereocenters. The molecular formula is C17H31NO2. The van der Waals surface area contributed by atoms with Crippen molar-refractivity contribution in [3.8, 4) is 0 Å². The van der Waals surface area contributed by atoms with Gasteiger partial charge in [-0.1, -0.05) is 39.0 Å². The largest absolute Gasteiger partial charge is 0.481 e. The highest BCUT2D eigenvalue weighted by Gasteiger charge is 2.33. The van der Waals surface area contributed by atoms with Gasteiger partial charge in [-0.3, -0.25) is 4.79 Å². The van der Waals surface area contributed by atoms with Gasteiger partial charge >= 0.3 is 5.97 Å². The minimum atomic E-state index is -0.585. The lowest BCUT2D eigenvalue weighted by Crippen LogP contribution is -2.35. The van der Waals surface area contributed by atoms with Crippen molar-refractivity contribution in [3.05, 3.63) is 0 Å². The highest BCUT2D eigenvalue weighted by Crippen LogP contribution is 2.32. The molecule has 0 spiro atoms. The van der Waals surface area contributed by atoms with Crippen molar-refractivity contribution in [2.45, 2.75) is 77.2 Å². The molecule has 3 heteroatoms. The Morgan fingerprint density at radius 2 is 1.90 bits per heavy atom. The van der Waals surface area contributed by atoms with Gasteiger partial charge in [0.2, 0.25) is 0 Å². The summed E-state index contributed by atoms with van der Waals surface area (Å²) in [6.45, 7) is 3.20. The molecule has 2 saturated carbocycles. The number of carboxylic acid groups (broad SMARTS) is 1. The molecule has 3 nitrogen and oxygen atoms in total. The lowest BCUT2D eigenvalue weighted by atomic mass is 9.94. The summed E-state index contributed by atoms with van der Waals surface area (Å²) in [6.07, 6.45) is 12.4. The first-order valence-electron chi connectivity index (χ1n) is 8.67. The van der Waals surface area contributed by atoms with E-state index < -0.39 is 5.97 Å². The van der Waals surface area contributed by atoms with Crippen LogP contribution in [0.5, 0.6) is 0 Å². The summed E-state index contributed by atoms with van der Waals surface area (Å²) >= 11 is 0. The van der Waals surface area contributed by atoms with E-state index in [1.807, 2.05) is 0 Å². The molecule has 0 radical (unpaired) electrons. The average molecular weight is 281 g/mol. The van der Waals surface area contributed by atoms with E-state index >= 15 is 0 Å². The maximum absolute atomic E-state index is 11.2. The Morgan fingerprint density at radius 1 is 1.10 bits per heavy atom. The Morgan fingerprint density at radius 3 is 2.65 bits per heavy atom. The molecule has 20 heavy (non-hydrogen) atoms. The molecular weight excluding hydrogens is 250 g/mol. The van der Waals surface area contributed by atoms with Gasteiger partial charge in [0.1, 0.15) is 0 Å². The van der Waals surface area contributed by atoms with Crippen molar-refractivity contribution in [2.24, 2.45) is 17.8 Å². The molecule has 2 aliphatic rings. The van der Waals surface area contributed by atoms with E-state index in [9.17, 15) is 9.90 Å². The summed E-state index contributed by atoms with van der Waals surface area (Å²) in [5.41, 5.74) is 0. The van der Waals surface area contributed by atoms with Crippen LogP contribution < -0.4 is 5.32 Å². The Bertz CT molecular complexity index is 305. The van der Waals surface area contributed by atoms with Gasteiger partial charge in [0, 0.05) is 6.04 Å². The molecule has 0 aliphatic heterocycles. The Balaban J connectivity index is 1.72. The zero-order valence-electron chi connectivity index (χ0n) is 12.9. The van der Waals surface area contributed by atoms with Gasteiger partial charge < -0.3 is 10.4 Å². The van der Waals surface area contributed by atoms with Crippen molar-refractivity contribution >= 4 is 5.97 Å². The number of nitrogens with one attached hydrogen (secondary N) is 1. The molecule has 116 valence electrons. The zero-order chi connectivity index (χ0) is 14.4. The van der Waals surface area contributed by atoms with Crippen LogP contribution in [0.3, 0.4) is 0 Å². The molecule has 4 unspecified atom stereocenters. The first-order valence-corrected chi connectivity index (χ1v) is 8.67. The van der Waals surface area contributed by atoms with E-state index in [1.165, 1.54) is 44.9 Å². The third-order valence-electron chi connectivity index (χ3n) is 5.43. The molecule has 0 saturated heterocycles. The second-order valence-electron chi connectivity index (χ2n) is 6.90. The van der Waals surface area contributed by atoms with Crippen LogP contribution in [-0.2, 0) is 4.79 Å².